The van der Waals surface area contributed by atoms with Crippen molar-refractivity contribution < 1.29 is 4.52 Å². The van der Waals surface area contributed by atoms with Gasteiger partial charge in [0.15, 0.2) is 11.0 Å². The first kappa shape index (κ1) is 20.4. The van der Waals surface area contributed by atoms with Gasteiger partial charge in [0.2, 0.25) is 11.7 Å². The maximum absolute atomic E-state index is 6.07. The van der Waals surface area contributed by atoms with E-state index in [1.54, 1.807) is 24.5 Å². The highest BCUT2D eigenvalue weighted by Gasteiger charge is 2.19. The highest BCUT2D eigenvalue weighted by atomic mass is 35.5. The lowest BCUT2D eigenvalue weighted by molar-refractivity contribution is 0.391. The van der Waals surface area contributed by atoms with Crippen LogP contribution in [0.1, 0.15) is 11.5 Å². The zero-order valence-electron chi connectivity index (χ0n) is 17.0. The topological polar surface area (TPSA) is 82.5 Å². The number of rotatable bonds is 6. The number of halogens is 1. The van der Waals surface area contributed by atoms with Crippen molar-refractivity contribution in [3.05, 3.63) is 89.5 Å². The molecule has 0 bridgehead atoms. The summed E-state index contributed by atoms with van der Waals surface area (Å²) in [4.78, 5) is 8.61. The SMILES string of the molecule is Cc1ccccc1-n1c(SCc2nc(-c3cccc(Cl)c3)no2)nnc1-c1ccncc1. The van der Waals surface area contributed by atoms with Crippen LogP contribution >= 0.6 is 23.4 Å². The first-order valence-corrected chi connectivity index (χ1v) is 11.2. The molecule has 9 heteroatoms. The van der Waals surface area contributed by atoms with E-state index in [1.165, 1.54) is 11.8 Å². The van der Waals surface area contributed by atoms with Crippen LogP contribution in [0.5, 0.6) is 0 Å². The zero-order chi connectivity index (χ0) is 21.9. The molecule has 0 aliphatic carbocycles. The third-order valence-electron chi connectivity index (χ3n) is 4.80. The molecule has 0 aliphatic rings. The first-order chi connectivity index (χ1) is 15.7. The van der Waals surface area contributed by atoms with Crippen molar-refractivity contribution in [1.82, 2.24) is 29.9 Å². The van der Waals surface area contributed by atoms with Crippen molar-refractivity contribution in [1.29, 1.82) is 0 Å². The van der Waals surface area contributed by atoms with E-state index in [2.05, 4.69) is 44.4 Å². The Bertz CT molecular complexity index is 1370. The predicted octanol–water partition coefficient (Wildman–Crippen LogP) is 5.63. The molecule has 0 atom stereocenters. The molecule has 5 aromatic rings. The Morgan fingerprint density at radius 2 is 1.81 bits per heavy atom. The molecular formula is C23H17ClN6OS. The number of nitrogens with zero attached hydrogens (tertiary/aromatic N) is 6. The van der Waals surface area contributed by atoms with Gasteiger partial charge >= 0.3 is 0 Å². The second-order valence-electron chi connectivity index (χ2n) is 6.97. The normalized spacial score (nSPS) is 11.1. The molecule has 3 heterocycles. The smallest absolute Gasteiger partial charge is 0.237 e. The highest BCUT2D eigenvalue weighted by molar-refractivity contribution is 7.98. The third kappa shape index (κ3) is 4.15. The summed E-state index contributed by atoms with van der Waals surface area (Å²) in [6.45, 7) is 2.06. The summed E-state index contributed by atoms with van der Waals surface area (Å²) in [6.07, 6.45) is 3.49. The molecule has 0 saturated carbocycles. The number of aryl methyl sites for hydroxylation is 1. The van der Waals surface area contributed by atoms with E-state index in [-0.39, 0.29) is 0 Å². The molecule has 0 unspecified atom stereocenters. The number of benzene rings is 2. The van der Waals surface area contributed by atoms with Gasteiger partial charge in [-0.25, -0.2) is 0 Å². The first-order valence-electron chi connectivity index (χ1n) is 9.82. The van der Waals surface area contributed by atoms with Crippen molar-refractivity contribution in [3.8, 4) is 28.5 Å². The summed E-state index contributed by atoms with van der Waals surface area (Å²) >= 11 is 7.55. The number of hydrogen-bond donors (Lipinski definition) is 0. The van der Waals surface area contributed by atoms with Gasteiger partial charge in [0, 0.05) is 28.5 Å². The fourth-order valence-corrected chi connectivity index (χ4v) is 4.24. The maximum Gasteiger partial charge on any atom is 0.237 e. The molecule has 158 valence electrons. The van der Waals surface area contributed by atoms with Gasteiger partial charge in [0.1, 0.15) is 0 Å². The number of pyridine rings is 1. The molecule has 2 aromatic carbocycles. The van der Waals surface area contributed by atoms with Crippen molar-refractivity contribution in [2.75, 3.05) is 0 Å². The molecule has 0 N–H and O–H groups in total. The minimum Gasteiger partial charge on any atom is -0.338 e. The summed E-state index contributed by atoms with van der Waals surface area (Å²) < 4.78 is 7.50. The molecule has 0 saturated heterocycles. The maximum atomic E-state index is 6.07. The average Bonchev–Trinajstić information content (AvgIpc) is 3.46. The molecule has 32 heavy (non-hydrogen) atoms. The van der Waals surface area contributed by atoms with Gasteiger partial charge in [0.05, 0.1) is 11.4 Å². The third-order valence-corrected chi connectivity index (χ3v) is 5.95. The molecule has 0 amide bonds. The van der Waals surface area contributed by atoms with Crippen LogP contribution in [-0.4, -0.2) is 29.9 Å². The molecule has 7 nitrogen and oxygen atoms in total. The number of aromatic nitrogens is 6. The quantitative estimate of drug-likeness (QED) is 0.303. The van der Waals surface area contributed by atoms with Crippen molar-refractivity contribution >= 4 is 23.4 Å². The van der Waals surface area contributed by atoms with E-state index in [1.807, 2.05) is 41.0 Å². The van der Waals surface area contributed by atoms with Gasteiger partial charge in [-0.2, -0.15) is 4.98 Å². The molecule has 0 spiro atoms. The molecular weight excluding hydrogens is 444 g/mol. The Morgan fingerprint density at radius 3 is 2.62 bits per heavy atom. The van der Waals surface area contributed by atoms with E-state index in [0.29, 0.717) is 22.5 Å². The number of hydrogen-bond acceptors (Lipinski definition) is 7. The second-order valence-corrected chi connectivity index (χ2v) is 8.35. The Hall–Kier alpha value is -3.49. The molecule has 0 aliphatic heterocycles. The van der Waals surface area contributed by atoms with Crippen LogP contribution in [0.15, 0.2) is 82.7 Å². The van der Waals surface area contributed by atoms with Crippen LogP contribution in [0.4, 0.5) is 0 Å². The summed E-state index contributed by atoms with van der Waals surface area (Å²) in [6, 6.07) is 19.3. The Morgan fingerprint density at radius 1 is 0.969 bits per heavy atom. The van der Waals surface area contributed by atoms with E-state index >= 15 is 0 Å². The Kier molecular flexibility index (Phi) is 5.70. The van der Waals surface area contributed by atoms with Crippen LogP contribution in [0.25, 0.3) is 28.5 Å². The molecule has 3 aromatic heterocycles. The highest BCUT2D eigenvalue weighted by Crippen LogP contribution is 2.31. The van der Waals surface area contributed by atoms with E-state index in [4.69, 9.17) is 16.1 Å². The number of thioether (sulfide) groups is 1. The van der Waals surface area contributed by atoms with Crippen LogP contribution in [0, 0.1) is 6.92 Å². The monoisotopic (exact) mass is 460 g/mol. The average molecular weight is 461 g/mol. The lowest BCUT2D eigenvalue weighted by Crippen LogP contribution is -2.02. The van der Waals surface area contributed by atoms with Crippen LogP contribution in [0.2, 0.25) is 5.02 Å². The predicted molar refractivity (Wildman–Crippen MR) is 124 cm³/mol. The summed E-state index contributed by atoms with van der Waals surface area (Å²) in [5.41, 5.74) is 3.87. The standard InChI is InChI=1S/C23H17ClN6OS/c1-15-5-2-3-8-19(15)30-22(16-9-11-25-12-10-16)27-28-23(30)32-14-20-26-21(29-31-20)17-6-4-7-18(24)13-17/h2-13H,14H2,1H3. The summed E-state index contributed by atoms with van der Waals surface area (Å²) in [7, 11) is 0. The zero-order valence-corrected chi connectivity index (χ0v) is 18.6. The minimum absolute atomic E-state index is 0.452. The van der Waals surface area contributed by atoms with E-state index < -0.39 is 0 Å². The lowest BCUT2D eigenvalue weighted by Gasteiger charge is -2.12. The van der Waals surface area contributed by atoms with Gasteiger partial charge < -0.3 is 4.52 Å². The summed E-state index contributed by atoms with van der Waals surface area (Å²) in [5, 5.41) is 14.3. The lowest BCUT2D eigenvalue weighted by atomic mass is 10.2. The fraction of sp³-hybridized carbons (Fsp3) is 0.0870. The Balaban J connectivity index is 1.46. The van der Waals surface area contributed by atoms with Gasteiger partial charge in [-0.1, -0.05) is 58.9 Å². The molecule has 5 rings (SSSR count). The largest absolute Gasteiger partial charge is 0.338 e. The fourth-order valence-electron chi connectivity index (χ4n) is 3.27. The van der Waals surface area contributed by atoms with Gasteiger partial charge in [-0.05, 0) is 42.8 Å². The Labute approximate surface area is 193 Å². The van der Waals surface area contributed by atoms with Crippen molar-refractivity contribution in [2.45, 2.75) is 17.8 Å². The van der Waals surface area contributed by atoms with Gasteiger partial charge in [-0.3, -0.25) is 9.55 Å². The van der Waals surface area contributed by atoms with Gasteiger partial charge in [-0.15, -0.1) is 10.2 Å². The van der Waals surface area contributed by atoms with Crippen molar-refractivity contribution in [2.24, 2.45) is 0 Å². The molecule has 0 fully saturated rings. The molecule has 0 radical (unpaired) electrons. The number of para-hydroxylation sites is 1. The minimum atomic E-state index is 0.452. The summed E-state index contributed by atoms with van der Waals surface area (Å²) in [5.74, 6) is 2.19. The van der Waals surface area contributed by atoms with Crippen LogP contribution < -0.4 is 0 Å². The van der Waals surface area contributed by atoms with Crippen LogP contribution in [-0.2, 0) is 5.75 Å². The van der Waals surface area contributed by atoms with E-state index in [0.717, 1.165) is 33.4 Å². The van der Waals surface area contributed by atoms with Gasteiger partial charge in [0.25, 0.3) is 0 Å². The van der Waals surface area contributed by atoms with Crippen molar-refractivity contribution in [3.63, 3.8) is 0 Å². The second kappa shape index (κ2) is 8.94. The van der Waals surface area contributed by atoms with Crippen LogP contribution in [0.3, 0.4) is 0 Å². The van der Waals surface area contributed by atoms with E-state index in [9.17, 15) is 0 Å².